The van der Waals surface area contributed by atoms with Crippen molar-refractivity contribution in [1.29, 1.82) is 5.26 Å². The quantitative estimate of drug-likeness (QED) is 0.496. The van der Waals surface area contributed by atoms with Crippen molar-refractivity contribution in [1.82, 2.24) is 0 Å². The van der Waals surface area contributed by atoms with Crippen molar-refractivity contribution in [3.05, 3.63) is 11.3 Å². The molecule has 1 heterocycles. The summed E-state index contributed by atoms with van der Waals surface area (Å²) in [7, 11) is 0. The topological polar surface area (TPSA) is 82.4 Å². The van der Waals surface area contributed by atoms with E-state index in [4.69, 9.17) is 16.1 Å². The average Bonchev–Trinajstić information content (AvgIpc) is 2.09. The molecule has 0 saturated heterocycles. The summed E-state index contributed by atoms with van der Waals surface area (Å²) in [4.78, 5) is 3.77. The van der Waals surface area contributed by atoms with Crippen LogP contribution in [-0.2, 0) is 0 Å². The number of nitrogens with two attached hydrogens (primary N) is 1. The first-order valence-corrected chi connectivity index (χ1v) is 2.83. The van der Waals surface area contributed by atoms with E-state index in [0.717, 1.165) is 0 Å². The number of aliphatic hydroxyl groups excluding tert-OH is 1. The van der Waals surface area contributed by atoms with Crippen LogP contribution in [0.3, 0.4) is 0 Å². The Morgan fingerprint density at radius 1 is 1.80 bits per heavy atom. The Labute approximate surface area is 58.3 Å². The fourth-order valence-electron chi connectivity index (χ4n) is 0.789. The molecular formula is C6H7N3O. The molecular weight excluding hydrogens is 130 g/mol. The van der Waals surface area contributed by atoms with Gasteiger partial charge in [-0.05, 0) is 6.92 Å². The van der Waals surface area contributed by atoms with Crippen LogP contribution in [0.15, 0.2) is 16.3 Å². The van der Waals surface area contributed by atoms with Crippen LogP contribution >= 0.6 is 0 Å². The van der Waals surface area contributed by atoms with E-state index >= 15 is 0 Å². The Morgan fingerprint density at radius 3 is 2.60 bits per heavy atom. The molecule has 1 atom stereocenters. The Bertz CT molecular complexity index is 259. The number of nitriles is 1. The monoisotopic (exact) mass is 137 g/mol. The predicted octanol–water partition coefficient (Wildman–Crippen LogP) is 0.0814. The molecule has 4 nitrogen and oxygen atoms in total. The zero-order chi connectivity index (χ0) is 7.72. The molecule has 1 rings (SSSR count). The first-order chi connectivity index (χ1) is 4.66. The van der Waals surface area contributed by atoms with Crippen LogP contribution in [0.5, 0.6) is 0 Å². The first-order valence-electron chi connectivity index (χ1n) is 2.83. The summed E-state index contributed by atoms with van der Waals surface area (Å²) in [6, 6.07) is 1.42. The van der Waals surface area contributed by atoms with Crippen molar-refractivity contribution in [2.45, 2.75) is 13.0 Å². The molecule has 1 aliphatic heterocycles. The normalized spacial score (nSPS) is 24.4. The summed E-state index contributed by atoms with van der Waals surface area (Å²) in [5, 5.41) is 17.5. The van der Waals surface area contributed by atoms with Gasteiger partial charge in [0.2, 0.25) is 0 Å². The van der Waals surface area contributed by atoms with E-state index in [9.17, 15) is 0 Å². The van der Waals surface area contributed by atoms with Gasteiger partial charge in [-0.2, -0.15) is 5.26 Å². The number of aliphatic hydroxyl groups is 1. The predicted molar refractivity (Wildman–Crippen MR) is 36.4 cm³/mol. The lowest BCUT2D eigenvalue weighted by atomic mass is 10.2. The van der Waals surface area contributed by atoms with Gasteiger partial charge in [-0.25, -0.2) is 0 Å². The largest absolute Gasteiger partial charge is 0.509 e. The minimum absolute atomic E-state index is 0.0278. The third kappa shape index (κ3) is 0.722. The molecule has 0 fully saturated rings. The van der Waals surface area contributed by atoms with Gasteiger partial charge in [0.25, 0.3) is 0 Å². The van der Waals surface area contributed by atoms with E-state index in [0.29, 0.717) is 0 Å². The van der Waals surface area contributed by atoms with Gasteiger partial charge in [0.05, 0.1) is 0 Å². The summed E-state index contributed by atoms with van der Waals surface area (Å²) in [6.45, 7) is 1.67. The molecule has 0 spiro atoms. The van der Waals surface area contributed by atoms with Gasteiger partial charge in [-0.15, -0.1) is 0 Å². The van der Waals surface area contributed by atoms with Crippen LogP contribution in [-0.4, -0.2) is 17.0 Å². The third-order valence-corrected chi connectivity index (χ3v) is 1.35. The lowest BCUT2D eigenvalue weighted by Gasteiger charge is -1.95. The number of amidine groups is 1. The standard InChI is InChI=1S/C6H7N3O/c1-3-5(10)4(2-7)6(8)9-3/h3,10H,1H3,(H2,8,9)/t3-/m1/s1. The van der Waals surface area contributed by atoms with Crippen molar-refractivity contribution in [2.75, 3.05) is 0 Å². The zero-order valence-corrected chi connectivity index (χ0v) is 5.50. The Balaban J connectivity index is 3.09. The molecule has 0 aromatic heterocycles. The van der Waals surface area contributed by atoms with Crippen molar-refractivity contribution in [3.63, 3.8) is 0 Å². The Morgan fingerprint density at radius 2 is 2.40 bits per heavy atom. The Hall–Kier alpha value is -1.50. The maximum absolute atomic E-state index is 9.09. The third-order valence-electron chi connectivity index (χ3n) is 1.35. The van der Waals surface area contributed by atoms with Gasteiger partial charge >= 0.3 is 0 Å². The number of aliphatic imine (C=N–C) groups is 1. The first kappa shape index (κ1) is 6.62. The Kier molecular flexibility index (Phi) is 1.34. The summed E-state index contributed by atoms with van der Waals surface area (Å²) >= 11 is 0. The fraction of sp³-hybridized carbons (Fsp3) is 0.333. The molecule has 0 aromatic carbocycles. The SMILES string of the molecule is C[C@H]1N=C(N)C(C#N)=C1O. The van der Waals surface area contributed by atoms with Crippen LogP contribution < -0.4 is 5.73 Å². The van der Waals surface area contributed by atoms with Gasteiger partial charge in [-0.3, -0.25) is 4.99 Å². The number of hydrogen-bond donors (Lipinski definition) is 2. The van der Waals surface area contributed by atoms with Gasteiger partial charge < -0.3 is 10.8 Å². The van der Waals surface area contributed by atoms with Crippen molar-refractivity contribution in [2.24, 2.45) is 10.7 Å². The van der Waals surface area contributed by atoms with Gasteiger partial charge in [0.15, 0.2) is 0 Å². The maximum Gasteiger partial charge on any atom is 0.140 e. The zero-order valence-electron chi connectivity index (χ0n) is 5.50. The lowest BCUT2D eigenvalue weighted by Crippen LogP contribution is -2.10. The van der Waals surface area contributed by atoms with Gasteiger partial charge in [-0.1, -0.05) is 0 Å². The van der Waals surface area contributed by atoms with E-state index in [-0.39, 0.29) is 23.2 Å². The van der Waals surface area contributed by atoms with E-state index in [1.165, 1.54) is 0 Å². The smallest absolute Gasteiger partial charge is 0.140 e. The van der Waals surface area contributed by atoms with Crippen molar-refractivity contribution in [3.8, 4) is 6.07 Å². The van der Waals surface area contributed by atoms with Crippen molar-refractivity contribution < 1.29 is 5.11 Å². The lowest BCUT2D eigenvalue weighted by molar-refractivity contribution is 0.378. The highest BCUT2D eigenvalue weighted by Gasteiger charge is 2.22. The summed E-state index contributed by atoms with van der Waals surface area (Å²) in [5.41, 5.74) is 5.38. The van der Waals surface area contributed by atoms with Crippen LogP contribution in [0.25, 0.3) is 0 Å². The van der Waals surface area contributed by atoms with Crippen molar-refractivity contribution >= 4 is 5.84 Å². The molecule has 0 aromatic rings. The summed E-state index contributed by atoms with van der Waals surface area (Å²) in [6.07, 6.45) is 0. The molecule has 0 saturated carbocycles. The second kappa shape index (κ2) is 2.03. The number of hydrogen-bond acceptors (Lipinski definition) is 4. The van der Waals surface area contributed by atoms with Crippen LogP contribution in [0.4, 0.5) is 0 Å². The molecule has 0 unspecified atom stereocenters. The number of nitrogens with zero attached hydrogens (tertiary/aromatic N) is 2. The van der Waals surface area contributed by atoms with Gasteiger partial charge in [0.1, 0.15) is 29.3 Å². The molecule has 3 N–H and O–H groups in total. The molecule has 4 heteroatoms. The molecule has 52 valence electrons. The van der Waals surface area contributed by atoms with E-state index in [1.807, 2.05) is 0 Å². The molecule has 0 amide bonds. The highest BCUT2D eigenvalue weighted by molar-refractivity contribution is 6.03. The van der Waals surface area contributed by atoms with E-state index in [1.54, 1.807) is 13.0 Å². The van der Waals surface area contributed by atoms with E-state index < -0.39 is 0 Å². The maximum atomic E-state index is 9.09. The van der Waals surface area contributed by atoms with E-state index in [2.05, 4.69) is 4.99 Å². The van der Waals surface area contributed by atoms with Crippen LogP contribution in [0, 0.1) is 11.3 Å². The molecule has 0 bridgehead atoms. The second-order valence-electron chi connectivity index (χ2n) is 2.06. The fourth-order valence-corrected chi connectivity index (χ4v) is 0.789. The molecule has 0 radical (unpaired) electrons. The average molecular weight is 137 g/mol. The van der Waals surface area contributed by atoms with Gasteiger partial charge in [0, 0.05) is 0 Å². The minimum atomic E-state index is -0.352. The summed E-state index contributed by atoms with van der Waals surface area (Å²) in [5.74, 6) is 0.104. The molecule has 0 aliphatic carbocycles. The summed E-state index contributed by atoms with van der Waals surface area (Å²) < 4.78 is 0. The highest BCUT2D eigenvalue weighted by atomic mass is 16.3. The molecule has 1 aliphatic rings. The minimum Gasteiger partial charge on any atom is -0.509 e. The number of rotatable bonds is 0. The molecule has 10 heavy (non-hydrogen) atoms. The second-order valence-corrected chi connectivity index (χ2v) is 2.06. The van der Waals surface area contributed by atoms with Crippen LogP contribution in [0.2, 0.25) is 0 Å². The highest BCUT2D eigenvalue weighted by Crippen LogP contribution is 2.15. The van der Waals surface area contributed by atoms with Crippen LogP contribution in [0.1, 0.15) is 6.92 Å².